The highest BCUT2D eigenvalue weighted by molar-refractivity contribution is 7.87. The van der Waals surface area contributed by atoms with Gasteiger partial charge in [-0.25, -0.2) is 0 Å². The number of non-ortho nitro benzene ring substituents is 1. The van der Waals surface area contributed by atoms with Crippen molar-refractivity contribution in [3.63, 3.8) is 0 Å². The molecule has 0 saturated heterocycles. The molecule has 0 amide bonds. The van der Waals surface area contributed by atoms with E-state index >= 15 is 0 Å². The zero-order valence-electron chi connectivity index (χ0n) is 14.8. The van der Waals surface area contributed by atoms with Crippen molar-refractivity contribution in [2.45, 2.75) is 37.0 Å². The van der Waals surface area contributed by atoms with Crippen molar-refractivity contribution in [2.24, 2.45) is 5.92 Å². The number of hydrogen-bond acceptors (Lipinski definition) is 5. The number of nitrogens with zero attached hydrogens (tertiary/aromatic N) is 1. The van der Waals surface area contributed by atoms with E-state index in [4.69, 9.17) is 4.18 Å². The van der Waals surface area contributed by atoms with Crippen LogP contribution < -0.4 is 4.18 Å². The van der Waals surface area contributed by atoms with E-state index in [2.05, 4.69) is 6.58 Å². The van der Waals surface area contributed by atoms with Crippen LogP contribution in [0.25, 0.3) is 5.57 Å². The summed E-state index contributed by atoms with van der Waals surface area (Å²) in [6.07, 6.45) is 3.00. The number of allylic oxidation sites excluding steroid dienone is 1. The van der Waals surface area contributed by atoms with E-state index in [0.29, 0.717) is 11.7 Å². The predicted molar refractivity (Wildman–Crippen MR) is 101 cm³/mol. The van der Waals surface area contributed by atoms with Crippen LogP contribution >= 0.6 is 0 Å². The minimum Gasteiger partial charge on any atom is -0.378 e. The Morgan fingerprint density at radius 3 is 2.41 bits per heavy atom. The van der Waals surface area contributed by atoms with Crippen molar-refractivity contribution in [3.8, 4) is 5.75 Å². The number of nitro groups is 1. The zero-order chi connectivity index (χ0) is 19.3. The van der Waals surface area contributed by atoms with Crippen LogP contribution in [0, 0.1) is 16.0 Å². The largest absolute Gasteiger partial charge is 0.378 e. The lowest BCUT2D eigenvalue weighted by molar-refractivity contribution is -0.384. The first-order valence-corrected chi connectivity index (χ1v) is 10.2. The Labute approximate surface area is 157 Å². The summed E-state index contributed by atoms with van der Waals surface area (Å²) in [4.78, 5) is 10.1. The molecule has 2 aromatic rings. The van der Waals surface area contributed by atoms with Gasteiger partial charge in [0.2, 0.25) is 0 Å². The molecular weight excluding hydrogens is 366 g/mol. The van der Waals surface area contributed by atoms with Crippen molar-refractivity contribution in [3.05, 3.63) is 69.8 Å². The first kappa shape index (κ1) is 17.7. The molecule has 0 unspecified atom stereocenters. The number of hydrogen-bond donors (Lipinski definition) is 0. The fraction of sp³-hybridized carbons (Fsp3) is 0.300. The van der Waals surface area contributed by atoms with Crippen molar-refractivity contribution in [1.82, 2.24) is 0 Å². The van der Waals surface area contributed by atoms with Gasteiger partial charge in [0.05, 0.1) is 4.92 Å². The molecule has 6 nitrogen and oxygen atoms in total. The summed E-state index contributed by atoms with van der Waals surface area (Å²) in [6, 6.07) is 8.62. The maximum Gasteiger partial charge on any atom is 0.339 e. The molecule has 2 aliphatic carbocycles. The molecule has 2 aromatic carbocycles. The van der Waals surface area contributed by atoms with Crippen LogP contribution in [0.2, 0.25) is 0 Å². The Morgan fingerprint density at radius 1 is 1.19 bits per heavy atom. The van der Waals surface area contributed by atoms with Gasteiger partial charge in [-0.15, -0.1) is 0 Å². The van der Waals surface area contributed by atoms with E-state index in [1.54, 1.807) is 0 Å². The summed E-state index contributed by atoms with van der Waals surface area (Å²) in [7, 11) is -4.11. The third-order valence-corrected chi connectivity index (χ3v) is 6.49. The van der Waals surface area contributed by atoms with Gasteiger partial charge in [-0.05, 0) is 54.4 Å². The first-order valence-electron chi connectivity index (χ1n) is 8.82. The summed E-state index contributed by atoms with van der Waals surface area (Å²) in [6.45, 7) is 6.19. The molecule has 27 heavy (non-hydrogen) atoms. The lowest BCUT2D eigenvalue weighted by Crippen LogP contribution is -2.20. The van der Waals surface area contributed by atoms with E-state index in [1.165, 1.54) is 12.1 Å². The maximum absolute atomic E-state index is 12.8. The van der Waals surface area contributed by atoms with Crippen LogP contribution in [-0.2, 0) is 16.5 Å². The molecule has 7 heteroatoms. The van der Waals surface area contributed by atoms with Crippen LogP contribution in [0.15, 0.2) is 47.9 Å². The highest BCUT2D eigenvalue weighted by Crippen LogP contribution is 2.50. The zero-order valence-corrected chi connectivity index (χ0v) is 15.7. The lowest BCUT2D eigenvalue weighted by Gasteiger charge is -2.31. The van der Waals surface area contributed by atoms with Crippen molar-refractivity contribution in [2.75, 3.05) is 0 Å². The summed E-state index contributed by atoms with van der Waals surface area (Å²) in [5.74, 6) is 0.957. The molecule has 1 fully saturated rings. The topological polar surface area (TPSA) is 86.5 Å². The van der Waals surface area contributed by atoms with Gasteiger partial charge in [-0.1, -0.05) is 25.6 Å². The van der Waals surface area contributed by atoms with Crippen molar-refractivity contribution < 1.29 is 17.5 Å². The number of nitro benzene ring substituents is 1. The summed E-state index contributed by atoms with van der Waals surface area (Å²) < 4.78 is 31.2. The van der Waals surface area contributed by atoms with Gasteiger partial charge in [-0.2, -0.15) is 8.42 Å². The maximum atomic E-state index is 12.8. The van der Waals surface area contributed by atoms with E-state index in [9.17, 15) is 18.5 Å². The van der Waals surface area contributed by atoms with Gasteiger partial charge >= 0.3 is 10.1 Å². The summed E-state index contributed by atoms with van der Waals surface area (Å²) >= 11 is 0. The molecule has 1 saturated carbocycles. The molecule has 0 heterocycles. The van der Waals surface area contributed by atoms with Crippen LogP contribution in [0.4, 0.5) is 5.69 Å². The minimum atomic E-state index is -4.11. The summed E-state index contributed by atoms with van der Waals surface area (Å²) in [5.41, 5.74) is 3.48. The average Bonchev–Trinajstić information content (AvgIpc) is 3.45. The highest BCUT2D eigenvalue weighted by Gasteiger charge is 2.34. The van der Waals surface area contributed by atoms with E-state index in [1.807, 2.05) is 19.1 Å². The molecule has 0 aromatic heterocycles. The van der Waals surface area contributed by atoms with Crippen molar-refractivity contribution in [1.29, 1.82) is 0 Å². The van der Waals surface area contributed by atoms with Gasteiger partial charge in [0, 0.05) is 23.3 Å². The van der Waals surface area contributed by atoms with E-state index in [0.717, 1.165) is 53.7 Å². The van der Waals surface area contributed by atoms with Crippen LogP contribution in [0.3, 0.4) is 0 Å². The molecule has 0 N–H and O–H groups in total. The third-order valence-electron chi connectivity index (χ3n) is 5.25. The molecular formula is C20H19NO5S. The molecule has 140 valence electrons. The minimum absolute atomic E-state index is 0.110. The number of rotatable bonds is 6. The predicted octanol–water partition coefficient (Wildman–Crippen LogP) is 4.45. The van der Waals surface area contributed by atoms with Crippen LogP contribution in [0.1, 0.15) is 42.4 Å². The fourth-order valence-corrected chi connectivity index (χ4v) is 4.51. The standard InChI is InChI=1S/C20H19NO5S/c1-12-11-15-5-10-18(13(2)14-3-4-14)20(19(12)15)26-27(24,25)17-8-6-16(7-9-17)21(22)23/h5-10,12,14H,2-4,11H2,1H3/t12-/m0/s1. The molecule has 0 spiro atoms. The second kappa shape index (κ2) is 6.20. The van der Waals surface area contributed by atoms with Crippen LogP contribution in [0.5, 0.6) is 5.75 Å². The Balaban J connectivity index is 1.73. The average molecular weight is 385 g/mol. The summed E-state index contributed by atoms with van der Waals surface area (Å²) in [5, 5.41) is 10.8. The smallest absolute Gasteiger partial charge is 0.339 e. The number of benzene rings is 2. The SMILES string of the molecule is C=C(c1ccc2c(c1OS(=O)(=O)c1ccc([N+](=O)[O-])cc1)[C@@H](C)C2)C1CC1. The second-order valence-electron chi connectivity index (χ2n) is 7.21. The van der Waals surface area contributed by atoms with Gasteiger partial charge in [0.1, 0.15) is 4.90 Å². The normalized spacial score (nSPS) is 18.3. The molecule has 0 radical (unpaired) electrons. The van der Waals surface area contributed by atoms with Gasteiger partial charge in [0.25, 0.3) is 5.69 Å². The Kier molecular flexibility index (Phi) is 4.07. The Bertz CT molecular complexity index is 1050. The Hall–Kier alpha value is -2.67. The first-order chi connectivity index (χ1) is 12.8. The molecule has 0 bridgehead atoms. The lowest BCUT2D eigenvalue weighted by atomic mass is 9.76. The monoisotopic (exact) mass is 385 g/mol. The molecule has 4 rings (SSSR count). The Morgan fingerprint density at radius 2 is 1.85 bits per heavy atom. The molecule has 2 aliphatic rings. The van der Waals surface area contributed by atoms with Gasteiger partial charge in [-0.3, -0.25) is 10.1 Å². The second-order valence-corrected chi connectivity index (χ2v) is 8.75. The van der Waals surface area contributed by atoms with Gasteiger partial charge < -0.3 is 4.18 Å². The fourth-order valence-electron chi connectivity index (χ4n) is 3.55. The van der Waals surface area contributed by atoms with Crippen LogP contribution in [-0.4, -0.2) is 13.3 Å². The quantitative estimate of drug-likeness (QED) is 0.417. The van der Waals surface area contributed by atoms with E-state index in [-0.39, 0.29) is 16.5 Å². The van der Waals surface area contributed by atoms with Crippen molar-refractivity contribution >= 4 is 21.4 Å². The van der Waals surface area contributed by atoms with Gasteiger partial charge in [0.15, 0.2) is 5.75 Å². The molecule has 0 aliphatic heterocycles. The van der Waals surface area contributed by atoms with E-state index < -0.39 is 15.0 Å². The number of fused-ring (bicyclic) bond motifs is 1. The third kappa shape index (κ3) is 3.12. The molecule has 1 atom stereocenters. The highest BCUT2D eigenvalue weighted by atomic mass is 32.2.